The molecule has 2 amide bonds. The van der Waals surface area contributed by atoms with E-state index < -0.39 is 11.8 Å². The molecule has 0 aliphatic carbocycles. The first kappa shape index (κ1) is 23.9. The maximum Gasteiger partial charge on any atom is 0.276 e. The number of nitrogens with one attached hydrogen (secondary N) is 3. The number of hydrazine groups is 1. The quantitative estimate of drug-likeness (QED) is 0.403. The maximum absolute atomic E-state index is 12.4. The van der Waals surface area contributed by atoms with Gasteiger partial charge >= 0.3 is 0 Å². The molecule has 8 nitrogen and oxygen atoms in total. The molecule has 2 aromatic rings. The Morgan fingerprint density at radius 2 is 1.68 bits per heavy atom. The van der Waals surface area contributed by atoms with Crippen molar-refractivity contribution in [2.24, 2.45) is 5.92 Å². The second-order valence-corrected chi connectivity index (χ2v) is 7.39. The number of benzene rings is 2. The van der Waals surface area contributed by atoms with Gasteiger partial charge in [0.05, 0.1) is 13.7 Å². The SMILES string of the molecule is COc1ccc(OCC(=O)NNC(=S)NC(=O)c2cccc(OCCC(C)C)c2)cc1. The fraction of sp³-hybridized carbons (Fsp3) is 0.318. The number of carbonyl (C=O) groups is 2. The highest BCUT2D eigenvalue weighted by atomic mass is 32.1. The highest BCUT2D eigenvalue weighted by Gasteiger charge is 2.10. The van der Waals surface area contributed by atoms with E-state index in [0.717, 1.165) is 6.42 Å². The Bertz CT molecular complexity index is 887. The van der Waals surface area contributed by atoms with Gasteiger partial charge in [0.25, 0.3) is 11.8 Å². The summed E-state index contributed by atoms with van der Waals surface area (Å²) in [5, 5.41) is 2.45. The van der Waals surface area contributed by atoms with Crippen LogP contribution in [0.15, 0.2) is 48.5 Å². The Hall–Kier alpha value is -3.33. The van der Waals surface area contributed by atoms with Gasteiger partial charge in [-0.1, -0.05) is 19.9 Å². The number of methoxy groups -OCH3 is 1. The van der Waals surface area contributed by atoms with Crippen LogP contribution in [0, 0.1) is 5.92 Å². The average molecular weight is 446 g/mol. The van der Waals surface area contributed by atoms with Crippen LogP contribution in [0.2, 0.25) is 0 Å². The van der Waals surface area contributed by atoms with Crippen LogP contribution in [0.3, 0.4) is 0 Å². The smallest absolute Gasteiger partial charge is 0.276 e. The van der Waals surface area contributed by atoms with Crippen LogP contribution in [0.4, 0.5) is 0 Å². The summed E-state index contributed by atoms with van der Waals surface area (Å²) in [6.07, 6.45) is 0.923. The van der Waals surface area contributed by atoms with E-state index >= 15 is 0 Å². The highest BCUT2D eigenvalue weighted by Crippen LogP contribution is 2.17. The Balaban J connectivity index is 1.73. The lowest BCUT2D eigenvalue weighted by Gasteiger charge is -2.12. The molecule has 166 valence electrons. The Labute approximate surface area is 187 Å². The fourth-order valence-electron chi connectivity index (χ4n) is 2.33. The van der Waals surface area contributed by atoms with Crippen LogP contribution in [0.1, 0.15) is 30.6 Å². The monoisotopic (exact) mass is 445 g/mol. The molecule has 31 heavy (non-hydrogen) atoms. The standard InChI is InChI=1S/C22H27N3O5S/c1-15(2)11-12-29-19-6-4-5-16(13-19)21(27)23-22(31)25-24-20(26)14-30-18-9-7-17(28-3)8-10-18/h4-10,13,15H,11-12,14H2,1-3H3,(H,24,26)(H2,23,25,27,31). The highest BCUT2D eigenvalue weighted by molar-refractivity contribution is 7.80. The van der Waals surface area contributed by atoms with Crippen LogP contribution < -0.4 is 30.4 Å². The van der Waals surface area contributed by atoms with Gasteiger partial charge in [0.1, 0.15) is 17.2 Å². The van der Waals surface area contributed by atoms with E-state index in [9.17, 15) is 9.59 Å². The molecule has 9 heteroatoms. The average Bonchev–Trinajstić information content (AvgIpc) is 2.76. The minimum Gasteiger partial charge on any atom is -0.497 e. The normalized spacial score (nSPS) is 10.2. The van der Waals surface area contributed by atoms with Gasteiger partial charge in [0.2, 0.25) is 0 Å². The second-order valence-electron chi connectivity index (χ2n) is 6.98. The van der Waals surface area contributed by atoms with Gasteiger partial charge in [-0.2, -0.15) is 0 Å². The molecule has 0 heterocycles. The minimum absolute atomic E-state index is 0.0473. The van der Waals surface area contributed by atoms with Gasteiger partial charge in [-0.15, -0.1) is 0 Å². The summed E-state index contributed by atoms with van der Waals surface area (Å²) in [7, 11) is 1.56. The lowest BCUT2D eigenvalue weighted by atomic mass is 10.1. The molecule has 0 aliphatic heterocycles. The van der Waals surface area contributed by atoms with E-state index in [-0.39, 0.29) is 11.7 Å². The second kappa shape index (κ2) is 12.4. The summed E-state index contributed by atoms with van der Waals surface area (Å²) in [5.74, 6) is 1.46. The molecule has 0 fully saturated rings. The summed E-state index contributed by atoms with van der Waals surface area (Å²) in [5.41, 5.74) is 5.22. The van der Waals surface area contributed by atoms with Gasteiger partial charge in [0.15, 0.2) is 11.7 Å². The number of thiocarbonyl (C=S) groups is 1. The van der Waals surface area contributed by atoms with Crippen LogP contribution in [-0.4, -0.2) is 37.3 Å². The topological polar surface area (TPSA) is 97.9 Å². The van der Waals surface area contributed by atoms with Gasteiger partial charge in [-0.05, 0) is 67.0 Å². The first-order valence-electron chi connectivity index (χ1n) is 9.77. The maximum atomic E-state index is 12.4. The predicted molar refractivity (Wildman–Crippen MR) is 121 cm³/mol. The van der Waals surface area contributed by atoms with Gasteiger partial charge < -0.3 is 14.2 Å². The third-order valence-electron chi connectivity index (χ3n) is 4.03. The van der Waals surface area contributed by atoms with Gasteiger partial charge in [-0.25, -0.2) is 0 Å². The van der Waals surface area contributed by atoms with Crippen LogP contribution in [0.5, 0.6) is 17.2 Å². The van der Waals surface area contributed by atoms with Gasteiger partial charge in [-0.3, -0.25) is 25.8 Å². The molecule has 0 saturated heterocycles. The van der Waals surface area contributed by atoms with Crippen LogP contribution >= 0.6 is 12.2 Å². The summed E-state index contributed by atoms with van der Waals surface area (Å²) in [6, 6.07) is 13.6. The molecule has 0 unspecified atom stereocenters. The van der Waals surface area contributed by atoms with Crippen molar-refractivity contribution in [3.8, 4) is 17.2 Å². The lowest BCUT2D eigenvalue weighted by molar-refractivity contribution is -0.123. The number of amides is 2. The van der Waals surface area contributed by atoms with Crippen LogP contribution in [-0.2, 0) is 4.79 Å². The summed E-state index contributed by atoms with van der Waals surface area (Å²) in [4.78, 5) is 24.2. The van der Waals surface area contributed by atoms with E-state index in [0.29, 0.717) is 35.3 Å². The van der Waals surface area contributed by atoms with Crippen LogP contribution in [0.25, 0.3) is 0 Å². The Morgan fingerprint density at radius 1 is 0.968 bits per heavy atom. The number of ether oxygens (including phenoxy) is 3. The molecular formula is C22H27N3O5S. The summed E-state index contributed by atoms with van der Waals surface area (Å²) >= 11 is 5.04. The number of carbonyl (C=O) groups excluding carboxylic acids is 2. The number of hydrogen-bond donors (Lipinski definition) is 3. The number of hydrogen-bond acceptors (Lipinski definition) is 6. The zero-order valence-corrected chi connectivity index (χ0v) is 18.6. The van der Waals surface area contributed by atoms with E-state index in [1.807, 2.05) is 0 Å². The van der Waals surface area contributed by atoms with Crippen molar-refractivity contribution >= 4 is 29.1 Å². The number of rotatable bonds is 9. The zero-order valence-electron chi connectivity index (χ0n) is 17.8. The molecule has 0 spiro atoms. The molecule has 0 atom stereocenters. The van der Waals surface area contributed by atoms with Crippen molar-refractivity contribution in [3.05, 3.63) is 54.1 Å². The largest absolute Gasteiger partial charge is 0.497 e. The first-order valence-corrected chi connectivity index (χ1v) is 10.2. The van der Waals surface area contributed by atoms with Crippen molar-refractivity contribution in [1.82, 2.24) is 16.2 Å². The third-order valence-corrected chi connectivity index (χ3v) is 4.24. The van der Waals surface area contributed by atoms with Crippen molar-refractivity contribution in [2.45, 2.75) is 20.3 Å². The molecule has 0 aromatic heterocycles. The molecule has 0 radical (unpaired) electrons. The molecule has 2 aromatic carbocycles. The lowest BCUT2D eigenvalue weighted by Crippen LogP contribution is -2.49. The molecule has 0 bridgehead atoms. The predicted octanol–water partition coefficient (Wildman–Crippen LogP) is 2.83. The molecule has 2 rings (SSSR count). The Kier molecular flexibility index (Phi) is 9.57. The zero-order chi connectivity index (χ0) is 22.6. The van der Waals surface area contributed by atoms with Crippen molar-refractivity contribution in [2.75, 3.05) is 20.3 Å². The van der Waals surface area contributed by atoms with E-state index in [1.54, 1.807) is 55.6 Å². The van der Waals surface area contributed by atoms with E-state index in [2.05, 4.69) is 30.0 Å². The van der Waals surface area contributed by atoms with Crippen molar-refractivity contribution in [3.63, 3.8) is 0 Å². The minimum atomic E-state index is -0.465. The van der Waals surface area contributed by atoms with Gasteiger partial charge in [0, 0.05) is 5.56 Å². The summed E-state index contributed by atoms with van der Waals surface area (Å²) < 4.78 is 16.1. The third kappa shape index (κ3) is 8.91. The first-order chi connectivity index (χ1) is 14.9. The van der Waals surface area contributed by atoms with Crippen molar-refractivity contribution in [1.29, 1.82) is 0 Å². The van der Waals surface area contributed by atoms with Crippen molar-refractivity contribution < 1.29 is 23.8 Å². The fourth-order valence-corrected chi connectivity index (χ4v) is 2.47. The molecule has 0 aliphatic rings. The molecule has 0 saturated carbocycles. The van der Waals surface area contributed by atoms with E-state index in [1.165, 1.54) is 0 Å². The molecule has 3 N–H and O–H groups in total. The Morgan fingerprint density at radius 3 is 2.35 bits per heavy atom. The van der Waals surface area contributed by atoms with E-state index in [4.69, 9.17) is 26.4 Å². The molecular weight excluding hydrogens is 418 g/mol. The summed E-state index contributed by atoms with van der Waals surface area (Å²) in [6.45, 7) is 4.58.